The highest BCUT2D eigenvalue weighted by atomic mass is 19.3. The molecule has 0 bridgehead atoms. The average molecular weight is 410 g/mol. The Morgan fingerprint density at radius 1 is 1.38 bits per heavy atom. The van der Waals surface area contributed by atoms with Crippen LogP contribution in [-0.4, -0.2) is 62.0 Å². The van der Waals surface area contributed by atoms with Crippen LogP contribution in [-0.2, 0) is 19.1 Å². The van der Waals surface area contributed by atoms with Crippen LogP contribution in [0.4, 0.5) is 20.2 Å². The smallest absolute Gasteiger partial charge is 0.265 e. The standard InChI is InChI=1S/C19H24F2N4O4/c1-24(9-11-2-3-11)16(18(22)27)19(28)23-14-5-4-12(8-13(14)17(20)21)25-6-7-29-10-15(25)26/h4-5,8,11,16-17H,2-3,6-7,9-10H2,1H3,(H2,22,27)(H,23,28)/t16-/m0/s1. The Kier molecular flexibility index (Phi) is 6.43. The molecule has 0 unspecified atom stereocenters. The van der Waals surface area contributed by atoms with Crippen molar-refractivity contribution < 1.29 is 27.9 Å². The number of nitrogens with one attached hydrogen (secondary N) is 1. The summed E-state index contributed by atoms with van der Waals surface area (Å²) in [4.78, 5) is 39.3. The van der Waals surface area contributed by atoms with E-state index in [0.29, 0.717) is 24.8 Å². The lowest BCUT2D eigenvalue weighted by Gasteiger charge is -2.28. The number of amides is 3. The zero-order valence-corrected chi connectivity index (χ0v) is 16.1. The van der Waals surface area contributed by atoms with Gasteiger partial charge in [-0.15, -0.1) is 0 Å². The van der Waals surface area contributed by atoms with Crippen LogP contribution < -0.4 is 16.0 Å². The minimum Gasteiger partial charge on any atom is -0.370 e. The Morgan fingerprint density at radius 3 is 2.69 bits per heavy atom. The van der Waals surface area contributed by atoms with Gasteiger partial charge in [-0.2, -0.15) is 0 Å². The second-order valence-corrected chi connectivity index (χ2v) is 7.35. The molecule has 0 aromatic heterocycles. The summed E-state index contributed by atoms with van der Waals surface area (Å²) in [5, 5.41) is 2.40. The molecule has 1 heterocycles. The number of nitrogens with zero attached hydrogens (tertiary/aromatic N) is 2. The first kappa shape index (κ1) is 21.1. The van der Waals surface area contributed by atoms with E-state index in [4.69, 9.17) is 10.5 Å². The monoisotopic (exact) mass is 410 g/mol. The van der Waals surface area contributed by atoms with E-state index in [0.717, 1.165) is 18.9 Å². The molecule has 8 nitrogen and oxygen atoms in total. The SMILES string of the molecule is CN(CC1CC1)[C@@H](C(N)=O)C(=O)Nc1ccc(N2CCOCC2=O)cc1C(F)F. The molecule has 0 radical (unpaired) electrons. The number of halogens is 2. The van der Waals surface area contributed by atoms with Crippen molar-refractivity contribution >= 4 is 29.1 Å². The van der Waals surface area contributed by atoms with Crippen molar-refractivity contribution in [1.29, 1.82) is 0 Å². The maximum absolute atomic E-state index is 13.6. The predicted molar refractivity (Wildman–Crippen MR) is 102 cm³/mol. The second kappa shape index (κ2) is 8.83. The van der Waals surface area contributed by atoms with Crippen molar-refractivity contribution in [2.24, 2.45) is 11.7 Å². The maximum Gasteiger partial charge on any atom is 0.265 e. The van der Waals surface area contributed by atoms with Crippen molar-refractivity contribution in [3.8, 4) is 0 Å². The van der Waals surface area contributed by atoms with Crippen LogP contribution in [0.2, 0.25) is 0 Å². The van der Waals surface area contributed by atoms with Gasteiger partial charge in [0.2, 0.25) is 5.91 Å². The minimum absolute atomic E-state index is 0.115. The Bertz CT molecular complexity index is 800. The molecular formula is C19H24F2N4O4. The van der Waals surface area contributed by atoms with Gasteiger partial charge in [-0.3, -0.25) is 19.3 Å². The lowest BCUT2D eigenvalue weighted by atomic mass is 10.1. The van der Waals surface area contributed by atoms with Crippen LogP contribution in [0.5, 0.6) is 0 Å². The van der Waals surface area contributed by atoms with Gasteiger partial charge in [-0.25, -0.2) is 8.78 Å². The summed E-state index contributed by atoms with van der Waals surface area (Å²) >= 11 is 0. The van der Waals surface area contributed by atoms with Crippen LogP contribution in [0, 0.1) is 5.92 Å². The first-order valence-corrected chi connectivity index (χ1v) is 9.38. The molecule has 1 saturated carbocycles. The lowest BCUT2D eigenvalue weighted by molar-refractivity contribution is -0.132. The van der Waals surface area contributed by atoms with Crippen LogP contribution in [0.1, 0.15) is 24.8 Å². The average Bonchev–Trinajstić information content (AvgIpc) is 3.46. The zero-order chi connectivity index (χ0) is 21.1. The molecule has 1 aliphatic carbocycles. The summed E-state index contributed by atoms with van der Waals surface area (Å²) in [7, 11) is 1.61. The molecule has 1 aromatic rings. The van der Waals surface area contributed by atoms with Crippen molar-refractivity contribution in [2.75, 3.05) is 43.6 Å². The number of ether oxygens (including phenoxy) is 1. The van der Waals surface area contributed by atoms with E-state index < -0.39 is 29.8 Å². The normalized spacial score (nSPS) is 18.2. The molecule has 0 spiro atoms. The lowest BCUT2D eigenvalue weighted by Crippen LogP contribution is -2.51. The van der Waals surface area contributed by atoms with Gasteiger partial charge in [0.1, 0.15) is 6.61 Å². The number of hydrogen-bond acceptors (Lipinski definition) is 5. The minimum atomic E-state index is -2.89. The number of carbonyl (C=O) groups is 3. The Hall–Kier alpha value is -2.59. The highest BCUT2D eigenvalue weighted by Gasteiger charge is 2.34. The molecule has 1 atom stereocenters. The molecular weight excluding hydrogens is 386 g/mol. The molecule has 3 rings (SSSR count). The quantitative estimate of drug-likeness (QED) is 0.625. The van der Waals surface area contributed by atoms with E-state index >= 15 is 0 Å². The Balaban J connectivity index is 1.80. The van der Waals surface area contributed by atoms with Crippen LogP contribution in [0.15, 0.2) is 18.2 Å². The van der Waals surface area contributed by atoms with Gasteiger partial charge in [0.15, 0.2) is 6.04 Å². The zero-order valence-electron chi connectivity index (χ0n) is 16.1. The molecule has 1 saturated heterocycles. The highest BCUT2D eigenvalue weighted by molar-refractivity contribution is 6.10. The van der Waals surface area contributed by atoms with Crippen LogP contribution >= 0.6 is 0 Å². The number of alkyl halides is 2. The molecule has 10 heteroatoms. The number of carbonyl (C=O) groups excluding carboxylic acids is 3. The Morgan fingerprint density at radius 2 is 2.10 bits per heavy atom. The van der Waals surface area contributed by atoms with E-state index in [9.17, 15) is 23.2 Å². The summed E-state index contributed by atoms with van der Waals surface area (Å²) in [6.07, 6.45) is -0.846. The van der Waals surface area contributed by atoms with Gasteiger partial charge < -0.3 is 20.7 Å². The Labute approximate surface area is 167 Å². The summed E-state index contributed by atoms with van der Waals surface area (Å²) < 4.78 is 32.3. The van der Waals surface area contributed by atoms with Gasteiger partial charge in [-0.1, -0.05) is 0 Å². The number of hydrogen-bond donors (Lipinski definition) is 2. The van der Waals surface area contributed by atoms with Crippen molar-refractivity contribution in [2.45, 2.75) is 25.3 Å². The van der Waals surface area contributed by atoms with E-state index in [1.165, 1.54) is 21.9 Å². The van der Waals surface area contributed by atoms with Gasteiger partial charge >= 0.3 is 0 Å². The number of nitrogens with two attached hydrogens (primary N) is 1. The van der Waals surface area contributed by atoms with E-state index in [-0.39, 0.29) is 24.7 Å². The number of likely N-dealkylation sites (N-methyl/N-ethyl adjacent to an activating group) is 1. The third-order valence-electron chi connectivity index (χ3n) is 5.03. The number of benzene rings is 1. The molecule has 3 amide bonds. The molecule has 1 aliphatic heterocycles. The second-order valence-electron chi connectivity index (χ2n) is 7.35. The first-order valence-electron chi connectivity index (χ1n) is 9.38. The molecule has 158 valence electrons. The topological polar surface area (TPSA) is 105 Å². The fourth-order valence-corrected chi connectivity index (χ4v) is 3.36. The van der Waals surface area contributed by atoms with Gasteiger partial charge in [0.05, 0.1) is 6.61 Å². The molecule has 3 N–H and O–H groups in total. The molecule has 29 heavy (non-hydrogen) atoms. The van der Waals surface area contributed by atoms with Crippen molar-refractivity contribution in [1.82, 2.24) is 4.90 Å². The third-order valence-corrected chi connectivity index (χ3v) is 5.03. The predicted octanol–water partition coefficient (Wildman–Crippen LogP) is 1.12. The van der Waals surface area contributed by atoms with Crippen LogP contribution in [0.25, 0.3) is 0 Å². The van der Waals surface area contributed by atoms with E-state index in [1.807, 2.05) is 0 Å². The fourth-order valence-electron chi connectivity index (χ4n) is 3.36. The number of morpholine rings is 1. The fraction of sp³-hybridized carbons (Fsp3) is 0.526. The molecule has 2 fully saturated rings. The highest BCUT2D eigenvalue weighted by Crippen LogP contribution is 2.33. The number of primary amides is 1. The van der Waals surface area contributed by atoms with Gasteiger partial charge in [-0.05, 0) is 44.0 Å². The van der Waals surface area contributed by atoms with Crippen molar-refractivity contribution in [3.05, 3.63) is 23.8 Å². The van der Waals surface area contributed by atoms with Gasteiger partial charge in [0.25, 0.3) is 18.2 Å². The van der Waals surface area contributed by atoms with Crippen molar-refractivity contribution in [3.63, 3.8) is 0 Å². The van der Waals surface area contributed by atoms with Crippen LogP contribution in [0.3, 0.4) is 0 Å². The molecule has 2 aliphatic rings. The number of rotatable bonds is 8. The summed E-state index contributed by atoms with van der Waals surface area (Å²) in [6, 6.07) is 2.67. The number of anilines is 2. The largest absolute Gasteiger partial charge is 0.370 e. The maximum atomic E-state index is 13.6. The molecule has 1 aromatic carbocycles. The first-order chi connectivity index (χ1) is 13.8. The summed E-state index contributed by atoms with van der Waals surface area (Å²) in [5.41, 5.74) is 5.11. The third kappa shape index (κ3) is 5.07. The van der Waals surface area contributed by atoms with E-state index in [2.05, 4.69) is 5.32 Å². The van der Waals surface area contributed by atoms with Gasteiger partial charge in [0, 0.05) is 30.0 Å². The summed E-state index contributed by atoms with van der Waals surface area (Å²) in [6.45, 7) is 0.974. The summed E-state index contributed by atoms with van der Waals surface area (Å²) in [5.74, 6) is -1.53. The van der Waals surface area contributed by atoms with E-state index in [1.54, 1.807) is 7.05 Å².